The first-order valence-electron chi connectivity index (χ1n) is 12.6. The lowest BCUT2D eigenvalue weighted by Crippen LogP contribution is -2.41. The van der Waals surface area contributed by atoms with Crippen molar-refractivity contribution in [2.75, 3.05) is 37.8 Å². The molecule has 3 fully saturated rings. The maximum Gasteiger partial charge on any atom is 0.262 e. The number of ether oxygens (including phenoxy) is 2. The quantitative estimate of drug-likeness (QED) is 0.482. The van der Waals surface area contributed by atoms with E-state index in [0.29, 0.717) is 46.5 Å². The van der Waals surface area contributed by atoms with Crippen molar-refractivity contribution in [3.63, 3.8) is 0 Å². The van der Waals surface area contributed by atoms with Gasteiger partial charge in [-0.25, -0.2) is 15.0 Å². The highest BCUT2D eigenvalue weighted by Crippen LogP contribution is 2.42. The molecule has 1 aromatic carbocycles. The van der Waals surface area contributed by atoms with Crippen molar-refractivity contribution >= 4 is 40.1 Å². The Labute approximate surface area is 219 Å². The molecule has 0 N–H and O–H groups in total. The summed E-state index contributed by atoms with van der Waals surface area (Å²) in [6.07, 6.45) is 9.96. The van der Waals surface area contributed by atoms with Crippen LogP contribution in [0, 0.1) is 11.3 Å². The van der Waals surface area contributed by atoms with Crippen LogP contribution in [0.3, 0.4) is 0 Å². The van der Waals surface area contributed by atoms with Gasteiger partial charge in [0, 0.05) is 37.1 Å². The van der Waals surface area contributed by atoms with Crippen molar-refractivity contribution < 1.29 is 9.47 Å². The minimum atomic E-state index is -0.120. The van der Waals surface area contributed by atoms with Gasteiger partial charge in [0.25, 0.3) is 5.56 Å². The summed E-state index contributed by atoms with van der Waals surface area (Å²) in [5.41, 5.74) is 0.815. The summed E-state index contributed by atoms with van der Waals surface area (Å²) in [5, 5.41) is 1.59. The third kappa shape index (κ3) is 4.74. The summed E-state index contributed by atoms with van der Waals surface area (Å²) < 4.78 is 13.0. The molecule has 0 saturated carbocycles. The first-order chi connectivity index (χ1) is 17.5. The maximum atomic E-state index is 13.2. The summed E-state index contributed by atoms with van der Waals surface area (Å²) in [7, 11) is 0. The van der Waals surface area contributed by atoms with Crippen LogP contribution in [0.1, 0.15) is 32.6 Å². The molecular weight excluding hydrogens is 498 g/mol. The van der Waals surface area contributed by atoms with Crippen molar-refractivity contribution in [1.29, 1.82) is 0 Å². The lowest BCUT2D eigenvalue weighted by Gasteiger charge is -2.38. The Kier molecular flexibility index (Phi) is 6.66. The molecule has 8 nitrogen and oxygen atoms in total. The van der Waals surface area contributed by atoms with Gasteiger partial charge < -0.3 is 14.4 Å². The molecule has 36 heavy (non-hydrogen) atoms. The lowest BCUT2D eigenvalue weighted by molar-refractivity contribution is 0.0976. The van der Waals surface area contributed by atoms with E-state index in [1.54, 1.807) is 17.1 Å². The molecule has 6 rings (SSSR count). The molecule has 0 bridgehead atoms. The van der Waals surface area contributed by atoms with E-state index in [1.807, 2.05) is 18.3 Å². The fraction of sp³-hybridized carbons (Fsp3) is 0.538. The largest absolute Gasteiger partial charge is 0.381 e. The van der Waals surface area contributed by atoms with Crippen LogP contribution in [-0.4, -0.2) is 58.5 Å². The standard InChI is InChI=1S/C26H30ClN5O3S/c1-17-10-26(15-35-17)5-7-31(8-6-26)21-11-29-22(12-28-21)36-20-3-2-19-23(24(20)27)25(33)32(16-30-19)13-18-4-9-34-14-18/h2-3,11-12,16-18H,4-10,13-15H2,1H3/t17-,18?/m0/s1. The third-order valence-corrected chi connectivity index (χ3v) is 9.23. The van der Waals surface area contributed by atoms with E-state index in [2.05, 4.69) is 26.8 Å². The Morgan fingerprint density at radius 2 is 2.06 bits per heavy atom. The van der Waals surface area contributed by atoms with Crippen molar-refractivity contribution in [3.8, 4) is 0 Å². The number of nitrogens with zero attached hydrogens (tertiary/aromatic N) is 5. The number of hydrogen-bond acceptors (Lipinski definition) is 8. The minimum absolute atomic E-state index is 0.120. The summed E-state index contributed by atoms with van der Waals surface area (Å²) in [4.78, 5) is 30.1. The minimum Gasteiger partial charge on any atom is -0.381 e. The van der Waals surface area contributed by atoms with Crippen molar-refractivity contribution in [1.82, 2.24) is 19.5 Å². The van der Waals surface area contributed by atoms with Crippen LogP contribution in [-0.2, 0) is 16.0 Å². The fourth-order valence-corrected chi connectivity index (χ4v) is 6.76. The molecule has 2 atom stereocenters. The molecule has 3 aromatic rings. The average molecular weight is 528 g/mol. The van der Waals surface area contributed by atoms with Crippen LogP contribution in [0.15, 0.2) is 45.6 Å². The van der Waals surface area contributed by atoms with Gasteiger partial charge in [0.05, 0.1) is 54.0 Å². The Morgan fingerprint density at radius 3 is 2.75 bits per heavy atom. The van der Waals surface area contributed by atoms with Crippen LogP contribution in [0.2, 0.25) is 5.02 Å². The number of hydrogen-bond donors (Lipinski definition) is 0. The van der Waals surface area contributed by atoms with Gasteiger partial charge in [-0.1, -0.05) is 23.4 Å². The van der Waals surface area contributed by atoms with Crippen molar-refractivity contribution in [2.45, 2.75) is 55.2 Å². The number of halogens is 1. The van der Waals surface area contributed by atoms with Crippen molar-refractivity contribution in [3.05, 3.63) is 46.2 Å². The summed E-state index contributed by atoms with van der Waals surface area (Å²) >= 11 is 8.15. The van der Waals surface area contributed by atoms with E-state index in [-0.39, 0.29) is 5.56 Å². The molecule has 3 aliphatic heterocycles. The second-order valence-electron chi connectivity index (χ2n) is 10.3. The zero-order valence-electron chi connectivity index (χ0n) is 20.4. The summed E-state index contributed by atoms with van der Waals surface area (Å²) in [5.74, 6) is 1.22. The Morgan fingerprint density at radius 1 is 1.19 bits per heavy atom. The predicted octanol–water partition coefficient (Wildman–Crippen LogP) is 4.42. The molecule has 5 heterocycles. The van der Waals surface area contributed by atoms with Crippen LogP contribution < -0.4 is 10.5 Å². The molecule has 0 radical (unpaired) electrons. The van der Waals surface area contributed by atoms with E-state index < -0.39 is 0 Å². The molecule has 0 amide bonds. The molecule has 0 aliphatic carbocycles. The van der Waals surface area contributed by atoms with E-state index in [0.717, 1.165) is 67.7 Å². The fourth-order valence-electron chi connectivity index (χ4n) is 5.64. The molecule has 1 unspecified atom stereocenters. The highest BCUT2D eigenvalue weighted by atomic mass is 35.5. The van der Waals surface area contributed by atoms with Gasteiger partial charge >= 0.3 is 0 Å². The second kappa shape index (κ2) is 9.93. The highest BCUT2D eigenvalue weighted by Gasteiger charge is 2.41. The molecule has 190 valence electrons. The normalized spacial score (nSPS) is 23.7. The third-order valence-electron chi connectivity index (χ3n) is 7.75. The zero-order valence-corrected chi connectivity index (χ0v) is 21.9. The highest BCUT2D eigenvalue weighted by molar-refractivity contribution is 7.99. The van der Waals surface area contributed by atoms with E-state index in [1.165, 1.54) is 11.8 Å². The monoisotopic (exact) mass is 527 g/mol. The molecule has 2 aromatic heterocycles. The van der Waals surface area contributed by atoms with Crippen LogP contribution in [0.4, 0.5) is 5.82 Å². The maximum absolute atomic E-state index is 13.2. The lowest BCUT2D eigenvalue weighted by atomic mass is 9.77. The number of anilines is 1. The Balaban J connectivity index is 1.17. The molecule has 3 aliphatic rings. The van der Waals surface area contributed by atoms with Gasteiger partial charge in [0.2, 0.25) is 0 Å². The SMILES string of the molecule is C[C@H]1CC2(CCN(c3cnc(Sc4ccc5ncn(CC6CCOC6)c(=O)c5c4Cl)cn3)CC2)CO1. The second-order valence-corrected chi connectivity index (χ2v) is 11.8. The van der Waals surface area contributed by atoms with Gasteiger partial charge in [0.15, 0.2) is 0 Å². The van der Waals surface area contributed by atoms with Crippen LogP contribution in [0.5, 0.6) is 0 Å². The van der Waals surface area contributed by atoms with Gasteiger partial charge in [0.1, 0.15) is 10.8 Å². The number of aromatic nitrogens is 4. The molecule has 1 spiro atoms. The first kappa shape index (κ1) is 24.2. The number of piperidine rings is 1. The smallest absolute Gasteiger partial charge is 0.262 e. The zero-order chi connectivity index (χ0) is 24.7. The van der Waals surface area contributed by atoms with Gasteiger partial charge in [-0.3, -0.25) is 9.36 Å². The van der Waals surface area contributed by atoms with E-state index >= 15 is 0 Å². The first-order valence-corrected chi connectivity index (χ1v) is 13.8. The van der Waals surface area contributed by atoms with Gasteiger partial charge in [-0.15, -0.1) is 0 Å². The molecule has 10 heteroatoms. The molecule has 3 saturated heterocycles. The van der Waals surface area contributed by atoms with Gasteiger partial charge in [-0.05, 0) is 50.2 Å². The Bertz CT molecular complexity index is 1300. The van der Waals surface area contributed by atoms with Crippen LogP contribution in [0.25, 0.3) is 10.9 Å². The number of rotatable bonds is 5. The van der Waals surface area contributed by atoms with Crippen LogP contribution >= 0.6 is 23.4 Å². The average Bonchev–Trinajstić information content (AvgIpc) is 3.53. The van der Waals surface area contributed by atoms with E-state index in [4.69, 9.17) is 21.1 Å². The predicted molar refractivity (Wildman–Crippen MR) is 140 cm³/mol. The summed E-state index contributed by atoms with van der Waals surface area (Å²) in [6, 6.07) is 3.73. The topological polar surface area (TPSA) is 82.4 Å². The van der Waals surface area contributed by atoms with Gasteiger partial charge in [-0.2, -0.15) is 0 Å². The van der Waals surface area contributed by atoms with E-state index in [9.17, 15) is 4.79 Å². The summed E-state index contributed by atoms with van der Waals surface area (Å²) in [6.45, 7) is 7.00. The molecular formula is C26H30ClN5O3S. The Hall–Kier alpha value is -2.20. The van der Waals surface area contributed by atoms with Crippen molar-refractivity contribution in [2.24, 2.45) is 11.3 Å². The number of benzene rings is 1. The number of fused-ring (bicyclic) bond motifs is 1.